The van der Waals surface area contributed by atoms with Crippen LogP contribution in [-0.2, 0) is 11.2 Å². The first kappa shape index (κ1) is 18.5. The molecule has 0 aliphatic heterocycles. The molecule has 7 nitrogen and oxygen atoms in total. The smallest absolute Gasteiger partial charge is 0.300 e. The molecule has 4 rings (SSSR count). The first-order valence-corrected chi connectivity index (χ1v) is 9.09. The number of benzene rings is 2. The normalized spacial score (nSPS) is 11.0. The van der Waals surface area contributed by atoms with E-state index in [0.717, 1.165) is 11.3 Å². The number of carbonyl (C=O) groups excluding carboxylic acids is 1. The van der Waals surface area contributed by atoms with Gasteiger partial charge in [-0.3, -0.25) is 18.6 Å². The van der Waals surface area contributed by atoms with E-state index in [0.29, 0.717) is 17.9 Å². The third-order valence-electron chi connectivity index (χ3n) is 4.54. The largest absolute Gasteiger partial charge is 0.326 e. The highest BCUT2D eigenvalue weighted by Gasteiger charge is 2.13. The Morgan fingerprint density at radius 1 is 1.10 bits per heavy atom. The number of anilines is 1. The van der Waals surface area contributed by atoms with Crippen molar-refractivity contribution in [1.29, 1.82) is 0 Å². The zero-order valence-electron chi connectivity index (χ0n) is 15.7. The maximum Gasteiger partial charge on any atom is 0.300 e. The van der Waals surface area contributed by atoms with Gasteiger partial charge in [0, 0.05) is 30.9 Å². The zero-order chi connectivity index (χ0) is 20.4. The number of amides is 1. The third-order valence-corrected chi connectivity index (χ3v) is 4.54. The van der Waals surface area contributed by atoms with Crippen molar-refractivity contribution >= 4 is 17.2 Å². The number of nitrogens with zero attached hydrogens (tertiary/aromatic N) is 4. The van der Waals surface area contributed by atoms with E-state index in [9.17, 15) is 14.0 Å². The molecule has 0 spiro atoms. The van der Waals surface area contributed by atoms with Gasteiger partial charge in [-0.1, -0.05) is 23.8 Å². The van der Waals surface area contributed by atoms with Gasteiger partial charge in [0.25, 0.3) is 0 Å². The number of nitrogens with one attached hydrogen (secondary N) is 1. The summed E-state index contributed by atoms with van der Waals surface area (Å²) in [6, 6.07) is 13.3. The summed E-state index contributed by atoms with van der Waals surface area (Å²) in [6.45, 7) is 1.98. The molecule has 2 heterocycles. The van der Waals surface area contributed by atoms with Gasteiger partial charge in [0.1, 0.15) is 11.6 Å². The van der Waals surface area contributed by atoms with E-state index in [1.807, 2.05) is 31.2 Å². The Labute approximate surface area is 165 Å². The third kappa shape index (κ3) is 3.91. The fourth-order valence-electron chi connectivity index (χ4n) is 3.02. The number of hydrogen-bond donors (Lipinski definition) is 1. The summed E-state index contributed by atoms with van der Waals surface area (Å²) in [5.74, 6) is -0.0859. The minimum absolute atomic E-state index is 0.116. The van der Waals surface area contributed by atoms with Gasteiger partial charge in [-0.2, -0.15) is 0 Å². The molecule has 1 N–H and O–H groups in total. The number of halogens is 1. The lowest BCUT2D eigenvalue weighted by Gasteiger charge is -2.07. The van der Waals surface area contributed by atoms with Gasteiger partial charge < -0.3 is 5.32 Å². The highest BCUT2D eigenvalue weighted by atomic mass is 19.1. The van der Waals surface area contributed by atoms with Crippen molar-refractivity contribution in [3.8, 4) is 5.69 Å². The Kier molecular flexibility index (Phi) is 4.90. The van der Waals surface area contributed by atoms with Gasteiger partial charge in [0.05, 0.1) is 5.69 Å². The lowest BCUT2D eigenvalue weighted by atomic mass is 10.2. The summed E-state index contributed by atoms with van der Waals surface area (Å²) in [6.07, 6.45) is 3.68. The van der Waals surface area contributed by atoms with Crippen LogP contribution in [-0.4, -0.2) is 25.1 Å². The highest BCUT2D eigenvalue weighted by molar-refractivity contribution is 5.90. The molecule has 29 heavy (non-hydrogen) atoms. The number of aryl methyl sites for hydroxylation is 2. The number of fused-ring (bicyclic) bond motifs is 1. The SMILES string of the molecule is Cc1ccc(NC(=O)CCc2nnc3c(=O)n(-c4cccc(F)c4)ccn23)cc1. The van der Waals surface area contributed by atoms with Crippen molar-refractivity contribution in [3.63, 3.8) is 0 Å². The van der Waals surface area contributed by atoms with Crippen LogP contribution in [0.25, 0.3) is 11.3 Å². The lowest BCUT2D eigenvalue weighted by Crippen LogP contribution is -2.20. The van der Waals surface area contributed by atoms with Gasteiger partial charge in [-0.15, -0.1) is 10.2 Å². The summed E-state index contributed by atoms with van der Waals surface area (Å²) in [5, 5.41) is 10.8. The molecular weight excluding hydrogens is 373 g/mol. The molecule has 2 aromatic heterocycles. The van der Waals surface area contributed by atoms with E-state index in [4.69, 9.17) is 0 Å². The monoisotopic (exact) mass is 391 g/mol. The van der Waals surface area contributed by atoms with Crippen molar-refractivity contribution in [2.45, 2.75) is 19.8 Å². The molecule has 0 saturated carbocycles. The van der Waals surface area contributed by atoms with Crippen LogP contribution in [0, 0.1) is 12.7 Å². The molecule has 146 valence electrons. The van der Waals surface area contributed by atoms with Crippen molar-refractivity contribution in [3.05, 3.63) is 88.5 Å². The van der Waals surface area contributed by atoms with Crippen molar-refractivity contribution in [2.75, 3.05) is 5.32 Å². The van der Waals surface area contributed by atoms with Gasteiger partial charge in [-0.25, -0.2) is 4.39 Å². The van der Waals surface area contributed by atoms with Gasteiger partial charge in [0.15, 0.2) is 0 Å². The summed E-state index contributed by atoms with van der Waals surface area (Å²) in [7, 11) is 0. The summed E-state index contributed by atoms with van der Waals surface area (Å²) in [5.41, 5.74) is 1.94. The second kappa shape index (κ2) is 7.67. The zero-order valence-corrected chi connectivity index (χ0v) is 15.7. The highest BCUT2D eigenvalue weighted by Crippen LogP contribution is 2.11. The predicted octanol–water partition coefficient (Wildman–Crippen LogP) is 2.90. The first-order chi connectivity index (χ1) is 14.0. The Bertz CT molecular complexity index is 1240. The molecule has 0 bridgehead atoms. The van der Waals surface area contributed by atoms with Gasteiger partial charge in [0.2, 0.25) is 11.6 Å². The van der Waals surface area contributed by atoms with Crippen LogP contribution in [0.2, 0.25) is 0 Å². The molecule has 0 radical (unpaired) electrons. The molecule has 2 aromatic carbocycles. The standard InChI is InChI=1S/C21H18FN5O2/c1-14-5-7-16(8-6-14)23-19(28)10-9-18-24-25-20-21(29)26(11-12-27(18)20)17-4-2-3-15(22)13-17/h2-8,11-13H,9-10H2,1H3,(H,23,28). The Balaban J connectivity index is 1.52. The van der Waals surface area contributed by atoms with Crippen LogP contribution in [0.3, 0.4) is 0 Å². The average molecular weight is 391 g/mol. The van der Waals surface area contributed by atoms with E-state index in [1.165, 1.54) is 29.0 Å². The van der Waals surface area contributed by atoms with Crippen LogP contribution in [0.5, 0.6) is 0 Å². The summed E-state index contributed by atoms with van der Waals surface area (Å²) >= 11 is 0. The minimum atomic E-state index is -0.434. The van der Waals surface area contributed by atoms with Gasteiger partial charge in [-0.05, 0) is 37.3 Å². The van der Waals surface area contributed by atoms with Crippen LogP contribution in [0.4, 0.5) is 10.1 Å². The minimum Gasteiger partial charge on any atom is -0.326 e. The first-order valence-electron chi connectivity index (χ1n) is 9.09. The fraction of sp³-hybridized carbons (Fsp3) is 0.143. The van der Waals surface area contributed by atoms with E-state index in [2.05, 4.69) is 15.5 Å². The molecule has 0 fully saturated rings. The molecule has 0 saturated heterocycles. The molecule has 0 atom stereocenters. The average Bonchev–Trinajstić information content (AvgIpc) is 3.12. The Morgan fingerprint density at radius 3 is 2.66 bits per heavy atom. The molecule has 0 unspecified atom stereocenters. The van der Waals surface area contributed by atoms with E-state index in [-0.39, 0.29) is 18.0 Å². The summed E-state index contributed by atoms with van der Waals surface area (Å²) in [4.78, 5) is 24.9. The lowest BCUT2D eigenvalue weighted by molar-refractivity contribution is -0.116. The molecule has 0 aliphatic rings. The van der Waals surface area contributed by atoms with Crippen molar-refractivity contribution in [2.24, 2.45) is 0 Å². The topological polar surface area (TPSA) is 81.3 Å². The molecule has 0 aliphatic carbocycles. The number of carbonyl (C=O) groups is 1. The Morgan fingerprint density at radius 2 is 1.90 bits per heavy atom. The number of hydrogen-bond acceptors (Lipinski definition) is 4. The van der Waals surface area contributed by atoms with Crippen LogP contribution < -0.4 is 10.9 Å². The van der Waals surface area contributed by atoms with Crippen LogP contribution in [0.1, 0.15) is 17.8 Å². The molecule has 4 aromatic rings. The fourth-order valence-corrected chi connectivity index (χ4v) is 3.02. The van der Waals surface area contributed by atoms with Gasteiger partial charge >= 0.3 is 5.56 Å². The van der Waals surface area contributed by atoms with E-state index < -0.39 is 11.4 Å². The molecule has 8 heteroatoms. The molecular formula is C21H18FN5O2. The quantitative estimate of drug-likeness (QED) is 0.567. The second-order valence-corrected chi connectivity index (χ2v) is 6.68. The van der Waals surface area contributed by atoms with Crippen molar-refractivity contribution in [1.82, 2.24) is 19.2 Å². The molecule has 1 amide bonds. The summed E-state index contributed by atoms with van der Waals surface area (Å²) < 4.78 is 16.3. The number of rotatable bonds is 5. The second-order valence-electron chi connectivity index (χ2n) is 6.68. The number of aromatic nitrogens is 4. The maximum absolute atomic E-state index is 13.5. The maximum atomic E-state index is 13.5. The Hall–Kier alpha value is -3.81. The van der Waals surface area contributed by atoms with Crippen LogP contribution in [0.15, 0.2) is 65.7 Å². The van der Waals surface area contributed by atoms with E-state index >= 15 is 0 Å². The van der Waals surface area contributed by atoms with Crippen molar-refractivity contribution < 1.29 is 9.18 Å². The van der Waals surface area contributed by atoms with E-state index in [1.54, 1.807) is 16.7 Å². The van der Waals surface area contributed by atoms with Crippen LogP contribution >= 0.6 is 0 Å². The predicted molar refractivity (Wildman–Crippen MR) is 107 cm³/mol.